The fourth-order valence-corrected chi connectivity index (χ4v) is 2.56. The van der Waals surface area contributed by atoms with Gasteiger partial charge in [-0.25, -0.2) is 4.39 Å². The summed E-state index contributed by atoms with van der Waals surface area (Å²) >= 11 is 0. The van der Waals surface area contributed by atoms with Crippen molar-refractivity contribution in [1.29, 1.82) is 0 Å². The van der Waals surface area contributed by atoms with E-state index in [-0.39, 0.29) is 17.8 Å². The Morgan fingerprint density at radius 3 is 2.43 bits per heavy atom. The lowest BCUT2D eigenvalue weighted by molar-refractivity contribution is 0.102. The van der Waals surface area contributed by atoms with Crippen LogP contribution in [-0.4, -0.2) is 17.0 Å². The molecule has 0 saturated heterocycles. The maximum Gasteiger partial charge on any atom is 0.274 e. The third kappa shape index (κ3) is 5.54. The van der Waals surface area contributed by atoms with Crippen LogP contribution in [-0.2, 0) is 6.54 Å². The molecule has 0 atom stereocenters. The summed E-state index contributed by atoms with van der Waals surface area (Å²) in [6.07, 6.45) is 1.66. The molecule has 2 N–H and O–H groups in total. The molecule has 0 aliphatic heterocycles. The molecule has 1 amide bonds. The second kappa shape index (κ2) is 8.99. The third-order valence-corrected chi connectivity index (χ3v) is 3.89. The van der Waals surface area contributed by atoms with Crippen molar-refractivity contribution in [2.24, 2.45) is 0 Å². The van der Waals surface area contributed by atoms with Crippen molar-refractivity contribution in [1.82, 2.24) is 4.98 Å². The first-order valence-corrected chi connectivity index (χ1v) is 9.02. The van der Waals surface area contributed by atoms with Crippen LogP contribution in [0.15, 0.2) is 66.9 Å². The summed E-state index contributed by atoms with van der Waals surface area (Å²) in [6, 6.07) is 16.9. The number of amides is 1. The van der Waals surface area contributed by atoms with Gasteiger partial charge in [0.25, 0.3) is 5.91 Å². The summed E-state index contributed by atoms with van der Waals surface area (Å²) < 4.78 is 18.6. The lowest BCUT2D eigenvalue weighted by Gasteiger charge is -2.11. The maximum atomic E-state index is 13.0. The Morgan fingerprint density at radius 1 is 1.04 bits per heavy atom. The van der Waals surface area contributed by atoms with Crippen LogP contribution in [0.4, 0.5) is 15.8 Å². The molecule has 6 heteroatoms. The van der Waals surface area contributed by atoms with Crippen LogP contribution >= 0.6 is 0 Å². The molecular weight excluding hydrogens is 357 g/mol. The maximum absolute atomic E-state index is 13.0. The van der Waals surface area contributed by atoms with Gasteiger partial charge in [-0.05, 0) is 67.9 Å². The molecule has 0 bridgehead atoms. The van der Waals surface area contributed by atoms with E-state index in [4.69, 9.17) is 4.74 Å². The second-order valence-corrected chi connectivity index (χ2v) is 6.55. The van der Waals surface area contributed by atoms with E-state index in [2.05, 4.69) is 15.6 Å². The Labute approximate surface area is 163 Å². The van der Waals surface area contributed by atoms with E-state index in [9.17, 15) is 9.18 Å². The summed E-state index contributed by atoms with van der Waals surface area (Å²) in [5.41, 5.74) is 2.65. The van der Waals surface area contributed by atoms with E-state index in [0.717, 1.165) is 17.0 Å². The number of rotatable bonds is 7. The molecule has 5 nitrogen and oxygen atoms in total. The predicted molar refractivity (Wildman–Crippen MR) is 108 cm³/mol. The van der Waals surface area contributed by atoms with E-state index >= 15 is 0 Å². The van der Waals surface area contributed by atoms with Crippen LogP contribution in [0.1, 0.15) is 29.9 Å². The number of halogens is 1. The van der Waals surface area contributed by atoms with Crippen molar-refractivity contribution in [2.75, 3.05) is 10.6 Å². The number of benzene rings is 2. The number of ether oxygens (including phenoxy) is 1. The van der Waals surface area contributed by atoms with E-state index in [0.29, 0.717) is 17.9 Å². The number of carbonyl (C=O) groups is 1. The van der Waals surface area contributed by atoms with E-state index in [1.54, 1.807) is 42.6 Å². The Bertz CT molecular complexity index is 925. The standard InChI is InChI=1S/C22H22FN3O2/c1-15(2)28-20-9-7-18(8-10-20)26-22(27)21-13-19(11-12-24-21)25-14-16-3-5-17(23)6-4-16/h3-13,15H,14H2,1-2H3,(H,24,25)(H,26,27). The van der Waals surface area contributed by atoms with E-state index in [1.807, 2.05) is 26.0 Å². The highest BCUT2D eigenvalue weighted by atomic mass is 19.1. The number of aromatic nitrogens is 1. The van der Waals surface area contributed by atoms with Crippen molar-refractivity contribution in [3.8, 4) is 5.75 Å². The molecule has 144 valence electrons. The molecule has 0 radical (unpaired) electrons. The molecule has 1 aromatic heterocycles. The monoisotopic (exact) mass is 379 g/mol. The number of nitrogens with one attached hydrogen (secondary N) is 2. The Balaban J connectivity index is 1.60. The average molecular weight is 379 g/mol. The average Bonchev–Trinajstić information content (AvgIpc) is 2.69. The first kappa shape index (κ1) is 19.4. The summed E-state index contributed by atoms with van der Waals surface area (Å²) in [6.45, 7) is 4.43. The SMILES string of the molecule is CC(C)Oc1ccc(NC(=O)c2cc(NCc3ccc(F)cc3)ccn2)cc1. The molecule has 0 aliphatic rings. The Morgan fingerprint density at radius 2 is 1.75 bits per heavy atom. The summed E-state index contributed by atoms with van der Waals surface area (Å²) in [4.78, 5) is 16.6. The highest BCUT2D eigenvalue weighted by Gasteiger charge is 2.09. The minimum absolute atomic E-state index is 0.0924. The van der Waals surface area contributed by atoms with Gasteiger partial charge in [0.2, 0.25) is 0 Å². The van der Waals surface area contributed by atoms with Crippen molar-refractivity contribution in [2.45, 2.75) is 26.5 Å². The quantitative estimate of drug-likeness (QED) is 0.615. The molecule has 0 saturated carbocycles. The first-order chi connectivity index (χ1) is 13.5. The van der Waals surface area contributed by atoms with Gasteiger partial charge >= 0.3 is 0 Å². The lowest BCUT2D eigenvalue weighted by atomic mass is 10.2. The highest BCUT2D eigenvalue weighted by molar-refractivity contribution is 6.03. The Hall–Kier alpha value is -3.41. The number of carbonyl (C=O) groups excluding carboxylic acids is 1. The molecular formula is C22H22FN3O2. The highest BCUT2D eigenvalue weighted by Crippen LogP contribution is 2.18. The molecule has 28 heavy (non-hydrogen) atoms. The van der Waals surface area contributed by atoms with Crippen LogP contribution in [0.25, 0.3) is 0 Å². The number of anilines is 2. The molecule has 3 rings (SSSR count). The molecule has 0 spiro atoms. The van der Waals surface area contributed by atoms with Gasteiger partial charge in [-0.2, -0.15) is 0 Å². The number of hydrogen-bond donors (Lipinski definition) is 2. The molecule has 0 unspecified atom stereocenters. The zero-order valence-electron chi connectivity index (χ0n) is 15.8. The minimum atomic E-state index is -0.303. The van der Waals surface area contributed by atoms with E-state index < -0.39 is 0 Å². The molecule has 0 aliphatic carbocycles. The smallest absolute Gasteiger partial charge is 0.274 e. The van der Waals surface area contributed by atoms with Gasteiger partial charge in [-0.1, -0.05) is 12.1 Å². The third-order valence-electron chi connectivity index (χ3n) is 3.89. The summed E-state index contributed by atoms with van der Waals surface area (Å²) in [5.74, 6) is 0.177. The van der Waals surface area contributed by atoms with Gasteiger partial charge in [0.15, 0.2) is 0 Å². The number of pyridine rings is 1. The van der Waals surface area contributed by atoms with Crippen LogP contribution < -0.4 is 15.4 Å². The van der Waals surface area contributed by atoms with Crippen molar-refractivity contribution in [3.63, 3.8) is 0 Å². The van der Waals surface area contributed by atoms with Gasteiger partial charge in [0, 0.05) is 24.1 Å². The van der Waals surface area contributed by atoms with Gasteiger partial charge in [-0.15, -0.1) is 0 Å². The lowest BCUT2D eigenvalue weighted by Crippen LogP contribution is -2.14. The molecule has 0 fully saturated rings. The van der Waals surface area contributed by atoms with Crippen molar-refractivity contribution in [3.05, 3.63) is 83.9 Å². The van der Waals surface area contributed by atoms with E-state index in [1.165, 1.54) is 12.1 Å². The van der Waals surface area contributed by atoms with Gasteiger partial charge in [0.05, 0.1) is 6.10 Å². The normalized spacial score (nSPS) is 10.6. The van der Waals surface area contributed by atoms with Crippen molar-refractivity contribution >= 4 is 17.3 Å². The number of nitrogens with zero attached hydrogens (tertiary/aromatic N) is 1. The zero-order valence-corrected chi connectivity index (χ0v) is 15.8. The molecule has 1 heterocycles. The van der Waals surface area contributed by atoms with Gasteiger partial charge in [0.1, 0.15) is 17.3 Å². The van der Waals surface area contributed by atoms with Crippen LogP contribution in [0.3, 0.4) is 0 Å². The first-order valence-electron chi connectivity index (χ1n) is 9.02. The summed E-state index contributed by atoms with van der Waals surface area (Å²) in [7, 11) is 0. The van der Waals surface area contributed by atoms with Crippen LogP contribution in [0.5, 0.6) is 5.75 Å². The minimum Gasteiger partial charge on any atom is -0.491 e. The fraction of sp³-hybridized carbons (Fsp3) is 0.182. The largest absolute Gasteiger partial charge is 0.491 e. The zero-order chi connectivity index (χ0) is 19.9. The Kier molecular flexibility index (Phi) is 6.22. The fourth-order valence-electron chi connectivity index (χ4n) is 2.56. The topological polar surface area (TPSA) is 63.2 Å². The van der Waals surface area contributed by atoms with Gasteiger partial charge < -0.3 is 15.4 Å². The molecule has 2 aromatic carbocycles. The molecule has 3 aromatic rings. The predicted octanol–water partition coefficient (Wildman–Crippen LogP) is 4.87. The van der Waals surface area contributed by atoms with Crippen LogP contribution in [0.2, 0.25) is 0 Å². The van der Waals surface area contributed by atoms with Gasteiger partial charge in [-0.3, -0.25) is 9.78 Å². The summed E-state index contributed by atoms with van der Waals surface area (Å²) in [5, 5.41) is 6.03. The van der Waals surface area contributed by atoms with Crippen LogP contribution in [0, 0.1) is 5.82 Å². The second-order valence-electron chi connectivity index (χ2n) is 6.55. The number of hydrogen-bond acceptors (Lipinski definition) is 4. The van der Waals surface area contributed by atoms with Crippen molar-refractivity contribution < 1.29 is 13.9 Å².